The zero-order chi connectivity index (χ0) is 35.8. The first-order valence-electron chi connectivity index (χ1n) is 16.8. The minimum Gasteiger partial charge on any atom is -0.474 e. The van der Waals surface area contributed by atoms with Crippen LogP contribution in [0.1, 0.15) is 87.9 Å². The van der Waals surface area contributed by atoms with Crippen molar-refractivity contribution in [2.24, 2.45) is 0 Å². The van der Waals surface area contributed by atoms with Crippen LogP contribution in [0.2, 0.25) is 0 Å². The Labute approximate surface area is 281 Å². The van der Waals surface area contributed by atoms with Gasteiger partial charge in [-0.1, -0.05) is 0 Å². The Morgan fingerprint density at radius 2 is 1.58 bits per heavy atom. The fourth-order valence-corrected chi connectivity index (χ4v) is 6.14. The number of hydrogen-bond acceptors (Lipinski definition) is 10. The SMILES string of the molecule is [2H]C1(Oc2cc(N3CCC4(CCCC(=O)N4c4ccc(F)c(F)c4)CC3)nc(N(C(=O)OC(C)(C)C)C(=O)OC(C)(C)C)n2)CCOCC1. The molecule has 3 aliphatic heterocycles. The van der Waals surface area contributed by atoms with Gasteiger partial charge >= 0.3 is 12.2 Å². The summed E-state index contributed by atoms with van der Waals surface area (Å²) in [6.45, 7) is 11.3. The fraction of sp³-hybridized carbons (Fsp3) is 0.618. The molecule has 3 saturated heterocycles. The highest BCUT2D eigenvalue weighted by Gasteiger charge is 2.46. The van der Waals surface area contributed by atoms with Crippen LogP contribution in [-0.2, 0) is 19.0 Å². The number of rotatable bonds is 5. The minimum absolute atomic E-state index is 0.0365. The van der Waals surface area contributed by atoms with E-state index in [1.165, 1.54) is 6.07 Å². The molecule has 0 atom stereocenters. The third kappa shape index (κ3) is 8.31. The third-order valence-corrected chi connectivity index (χ3v) is 8.26. The van der Waals surface area contributed by atoms with E-state index in [0.29, 0.717) is 74.8 Å². The van der Waals surface area contributed by atoms with Crippen LogP contribution in [-0.4, -0.2) is 77.2 Å². The molecule has 3 fully saturated rings. The molecule has 0 aliphatic carbocycles. The summed E-state index contributed by atoms with van der Waals surface area (Å²) in [5, 5.41) is 0. The van der Waals surface area contributed by atoms with Gasteiger partial charge in [0.15, 0.2) is 11.6 Å². The highest BCUT2D eigenvalue weighted by Crippen LogP contribution is 2.42. The Morgan fingerprint density at radius 1 is 0.958 bits per heavy atom. The van der Waals surface area contributed by atoms with Crippen LogP contribution >= 0.6 is 0 Å². The van der Waals surface area contributed by atoms with E-state index >= 15 is 0 Å². The van der Waals surface area contributed by atoms with Crippen LogP contribution in [0.3, 0.4) is 0 Å². The van der Waals surface area contributed by atoms with Crippen LogP contribution in [0.5, 0.6) is 5.88 Å². The summed E-state index contributed by atoms with van der Waals surface area (Å²) in [4.78, 5) is 53.5. The summed E-state index contributed by atoms with van der Waals surface area (Å²) in [5.41, 5.74) is -2.28. The van der Waals surface area contributed by atoms with Crippen LogP contribution in [0.4, 0.5) is 35.8 Å². The summed E-state index contributed by atoms with van der Waals surface area (Å²) in [6.07, 6.45) is -0.395. The van der Waals surface area contributed by atoms with Crippen LogP contribution in [0, 0.1) is 11.6 Å². The number of carbonyl (C=O) groups is 3. The Hall–Kier alpha value is -4.07. The van der Waals surface area contributed by atoms with E-state index in [-0.39, 0.29) is 30.6 Å². The smallest absolute Gasteiger partial charge is 0.427 e. The first-order chi connectivity index (χ1) is 22.9. The van der Waals surface area contributed by atoms with E-state index in [1.54, 1.807) is 52.5 Å². The number of nitrogens with zero attached hydrogens (tertiary/aromatic N) is 5. The molecule has 0 N–H and O–H groups in total. The van der Waals surface area contributed by atoms with Gasteiger partial charge < -0.3 is 28.7 Å². The maximum absolute atomic E-state index is 14.3. The predicted molar refractivity (Wildman–Crippen MR) is 173 cm³/mol. The number of benzene rings is 1. The number of anilines is 3. The molecule has 1 spiro atoms. The number of piperidine rings is 2. The second-order valence-electron chi connectivity index (χ2n) is 14.3. The summed E-state index contributed by atoms with van der Waals surface area (Å²) in [7, 11) is 0. The van der Waals surface area contributed by atoms with Gasteiger partial charge in [0.25, 0.3) is 0 Å². The number of aromatic nitrogens is 2. The molecule has 48 heavy (non-hydrogen) atoms. The van der Waals surface area contributed by atoms with Crippen molar-refractivity contribution in [1.29, 1.82) is 0 Å². The van der Waals surface area contributed by atoms with E-state index < -0.39 is 46.6 Å². The lowest BCUT2D eigenvalue weighted by molar-refractivity contribution is -0.121. The summed E-state index contributed by atoms with van der Waals surface area (Å²) in [6, 6.07) is 5.06. The molecular weight excluding hydrogens is 628 g/mol. The summed E-state index contributed by atoms with van der Waals surface area (Å²) in [5.74, 6) is -2.26. The molecule has 1 aromatic carbocycles. The van der Waals surface area contributed by atoms with E-state index in [9.17, 15) is 23.2 Å². The first kappa shape index (κ1) is 33.8. The molecule has 0 bridgehead atoms. The first-order valence-corrected chi connectivity index (χ1v) is 16.3. The van der Waals surface area contributed by atoms with E-state index in [2.05, 4.69) is 9.97 Å². The average Bonchev–Trinajstić information content (AvgIpc) is 2.97. The molecule has 0 saturated carbocycles. The molecule has 3 amide bonds. The molecule has 12 nitrogen and oxygen atoms in total. The van der Waals surface area contributed by atoms with Crippen molar-refractivity contribution in [2.45, 2.75) is 109 Å². The minimum atomic E-state index is -1.37. The Balaban J connectivity index is 1.51. The molecule has 2 aromatic rings. The van der Waals surface area contributed by atoms with Crippen molar-refractivity contribution in [3.8, 4) is 5.88 Å². The van der Waals surface area contributed by atoms with E-state index in [0.717, 1.165) is 12.1 Å². The zero-order valence-electron chi connectivity index (χ0n) is 29.4. The largest absolute Gasteiger partial charge is 0.474 e. The van der Waals surface area contributed by atoms with Gasteiger partial charge in [-0.25, -0.2) is 18.4 Å². The molecule has 0 unspecified atom stereocenters. The summed E-state index contributed by atoms with van der Waals surface area (Å²) < 4.78 is 59.6. The molecule has 0 radical (unpaired) electrons. The highest BCUT2D eigenvalue weighted by molar-refractivity contribution is 6.08. The highest BCUT2D eigenvalue weighted by atomic mass is 19.2. The fourth-order valence-electron chi connectivity index (χ4n) is 6.14. The molecule has 3 aliphatic rings. The van der Waals surface area contributed by atoms with Crippen LogP contribution in [0.15, 0.2) is 24.3 Å². The number of carbonyl (C=O) groups excluding carboxylic acids is 3. The summed E-state index contributed by atoms with van der Waals surface area (Å²) >= 11 is 0. The van der Waals surface area contributed by atoms with Crippen LogP contribution in [0.25, 0.3) is 0 Å². The molecule has 4 heterocycles. The van der Waals surface area contributed by atoms with E-state index in [1.807, 2.05) is 4.90 Å². The lowest BCUT2D eigenvalue weighted by Gasteiger charge is -2.51. The Bertz CT molecular complexity index is 1540. The van der Waals surface area contributed by atoms with Crippen LogP contribution < -0.4 is 19.4 Å². The maximum atomic E-state index is 14.3. The lowest BCUT2D eigenvalue weighted by atomic mass is 9.78. The van der Waals surface area contributed by atoms with Gasteiger partial charge in [0.1, 0.15) is 23.1 Å². The number of imide groups is 1. The number of hydrogen-bond donors (Lipinski definition) is 0. The molecule has 5 rings (SSSR count). The Morgan fingerprint density at radius 3 is 2.17 bits per heavy atom. The molecule has 14 heteroatoms. The number of amides is 3. The topological polar surface area (TPSA) is 124 Å². The monoisotopic (exact) mass is 674 g/mol. The third-order valence-electron chi connectivity index (χ3n) is 8.26. The van der Waals surface area contributed by atoms with Crippen molar-refractivity contribution in [3.05, 3.63) is 35.9 Å². The zero-order valence-corrected chi connectivity index (χ0v) is 28.4. The average molecular weight is 675 g/mol. The van der Waals surface area contributed by atoms with Gasteiger partial charge in [-0.3, -0.25) is 4.79 Å². The van der Waals surface area contributed by atoms with Gasteiger partial charge in [-0.2, -0.15) is 9.97 Å². The quantitative estimate of drug-likeness (QED) is 0.345. The molecule has 262 valence electrons. The second kappa shape index (κ2) is 13.8. The normalized spacial score (nSPS) is 19.8. The molecule has 1 aromatic heterocycles. The van der Waals surface area contributed by atoms with Gasteiger partial charge in [0.05, 0.1) is 20.1 Å². The second-order valence-corrected chi connectivity index (χ2v) is 14.3. The maximum Gasteiger partial charge on any atom is 0.427 e. The van der Waals surface area contributed by atoms with Gasteiger partial charge in [-0.15, -0.1) is 4.90 Å². The van der Waals surface area contributed by atoms with Crippen molar-refractivity contribution in [3.63, 3.8) is 0 Å². The predicted octanol–water partition coefficient (Wildman–Crippen LogP) is 6.55. The van der Waals surface area contributed by atoms with Gasteiger partial charge in [0.2, 0.25) is 17.7 Å². The van der Waals surface area contributed by atoms with Crippen molar-refractivity contribution < 1.29 is 43.5 Å². The van der Waals surface area contributed by atoms with Crippen molar-refractivity contribution >= 4 is 35.5 Å². The van der Waals surface area contributed by atoms with Gasteiger partial charge in [-0.05, 0) is 79.4 Å². The van der Waals surface area contributed by atoms with Crippen molar-refractivity contribution in [2.75, 3.05) is 41.0 Å². The molecular formula is C34H45F2N5O7. The number of halogens is 2. The Kier molecular flexibility index (Phi) is 9.73. The lowest BCUT2D eigenvalue weighted by Crippen LogP contribution is -2.60. The van der Waals surface area contributed by atoms with Gasteiger partial charge in [0, 0.05) is 50.2 Å². The van der Waals surface area contributed by atoms with E-state index in [4.69, 9.17) is 20.3 Å². The standard InChI is InChI=1S/C34H45F2N5O7/c1-32(2,3)47-30(43)40(31(44)48-33(4,5)6)29-37-26(21-27(38-29)46-23-11-18-45-19-12-23)39-16-14-34(15-17-39)13-7-8-28(42)41(34)22-9-10-24(35)25(36)20-22/h9-10,20-21,23H,7-8,11-19H2,1-6H3/i23D. The van der Waals surface area contributed by atoms with Crippen molar-refractivity contribution in [1.82, 2.24) is 9.97 Å². The number of ether oxygens (including phenoxy) is 4.